The maximum absolute atomic E-state index is 12.7. The lowest BCUT2D eigenvalue weighted by atomic mass is 10.2. The first-order chi connectivity index (χ1) is 12.4. The first-order valence-corrected chi connectivity index (χ1v) is 11.8. The molecule has 1 aromatic heterocycles. The van der Waals surface area contributed by atoms with Crippen molar-refractivity contribution >= 4 is 33.2 Å². The molecule has 0 radical (unpaired) electrons. The molecule has 5 nitrogen and oxygen atoms in total. The van der Waals surface area contributed by atoms with Gasteiger partial charge in [-0.15, -0.1) is 11.8 Å². The number of aromatic nitrogens is 2. The summed E-state index contributed by atoms with van der Waals surface area (Å²) in [4.78, 5) is 17.0. The number of rotatable bonds is 4. The topological polar surface area (TPSA) is 69.0 Å². The Hall–Kier alpha value is -1.31. The normalized spacial score (nSPS) is 21.0. The van der Waals surface area contributed by atoms with Crippen LogP contribution in [0.4, 0.5) is 0 Å². The highest BCUT2D eigenvalue weighted by Gasteiger charge is 2.33. The number of hydrogen-bond acceptors (Lipinski definition) is 5. The number of halogens is 1. The molecule has 2 aliphatic rings. The van der Waals surface area contributed by atoms with E-state index in [-0.39, 0.29) is 23.2 Å². The summed E-state index contributed by atoms with van der Waals surface area (Å²) in [6.07, 6.45) is 3.16. The second-order valence-electron chi connectivity index (χ2n) is 6.79. The van der Waals surface area contributed by atoms with Gasteiger partial charge in [-0.3, -0.25) is 4.57 Å². The summed E-state index contributed by atoms with van der Waals surface area (Å²) in [6.45, 7) is 0. The van der Waals surface area contributed by atoms with Gasteiger partial charge in [0.25, 0.3) is 0 Å². The molecule has 0 bridgehead atoms. The first-order valence-electron chi connectivity index (χ1n) is 8.65. The minimum absolute atomic E-state index is 0.0487. The summed E-state index contributed by atoms with van der Waals surface area (Å²) < 4.78 is 25.3. The van der Waals surface area contributed by atoms with Crippen molar-refractivity contribution in [2.24, 2.45) is 0 Å². The van der Waals surface area contributed by atoms with Crippen LogP contribution in [-0.2, 0) is 28.4 Å². The van der Waals surface area contributed by atoms with Gasteiger partial charge >= 0.3 is 5.69 Å². The van der Waals surface area contributed by atoms with Crippen molar-refractivity contribution in [2.75, 3.05) is 11.5 Å². The van der Waals surface area contributed by atoms with Gasteiger partial charge in [-0.2, -0.15) is 4.98 Å². The minimum atomic E-state index is -3.05. The number of thioether (sulfide) groups is 1. The SMILES string of the molecule is O=c1nc(SCc2ccccc2Cl)c2c(n1[C@H]1CCS(=O)(=O)C1)CCC2. The standard InChI is InChI=1S/C18H19ClN2O3S2/c19-15-6-2-1-4-12(15)10-25-17-14-5-3-7-16(14)21(18(22)20-17)13-8-9-26(23,24)11-13/h1-2,4,6,13H,3,5,7-11H2/t13-/m0/s1. The fourth-order valence-electron chi connectivity index (χ4n) is 3.78. The Balaban J connectivity index is 1.66. The van der Waals surface area contributed by atoms with Gasteiger partial charge in [-0.1, -0.05) is 29.8 Å². The fraction of sp³-hybridized carbons (Fsp3) is 0.444. The molecule has 0 N–H and O–H groups in total. The zero-order valence-electron chi connectivity index (χ0n) is 14.2. The van der Waals surface area contributed by atoms with Crippen LogP contribution in [0.15, 0.2) is 34.1 Å². The maximum atomic E-state index is 12.7. The first kappa shape index (κ1) is 18.1. The van der Waals surface area contributed by atoms with Crippen LogP contribution in [0.1, 0.15) is 35.7 Å². The highest BCUT2D eigenvalue weighted by molar-refractivity contribution is 7.98. The Morgan fingerprint density at radius 1 is 1.27 bits per heavy atom. The van der Waals surface area contributed by atoms with Gasteiger partial charge in [-0.25, -0.2) is 13.2 Å². The molecule has 1 aliphatic heterocycles. The third kappa shape index (κ3) is 3.44. The summed E-state index contributed by atoms with van der Waals surface area (Å²) in [5, 5.41) is 1.47. The van der Waals surface area contributed by atoms with Crippen LogP contribution in [0.5, 0.6) is 0 Å². The van der Waals surface area contributed by atoms with Gasteiger partial charge in [0.05, 0.1) is 17.5 Å². The zero-order valence-corrected chi connectivity index (χ0v) is 16.5. The fourth-order valence-corrected chi connectivity index (χ4v) is 6.85. The van der Waals surface area contributed by atoms with E-state index in [4.69, 9.17) is 11.6 Å². The van der Waals surface area contributed by atoms with Crippen molar-refractivity contribution in [1.82, 2.24) is 9.55 Å². The molecule has 26 heavy (non-hydrogen) atoms. The van der Waals surface area contributed by atoms with E-state index >= 15 is 0 Å². The van der Waals surface area contributed by atoms with Gasteiger partial charge in [0.15, 0.2) is 9.84 Å². The quantitative estimate of drug-likeness (QED) is 0.572. The number of sulfone groups is 1. The molecule has 0 amide bonds. The lowest BCUT2D eigenvalue weighted by Crippen LogP contribution is -2.31. The van der Waals surface area contributed by atoms with Gasteiger partial charge in [0, 0.05) is 22.0 Å². The summed E-state index contributed by atoms with van der Waals surface area (Å²) in [7, 11) is -3.05. The molecule has 1 atom stereocenters. The zero-order chi connectivity index (χ0) is 18.3. The Morgan fingerprint density at radius 3 is 2.81 bits per heavy atom. The van der Waals surface area contributed by atoms with Crippen LogP contribution in [0.25, 0.3) is 0 Å². The Morgan fingerprint density at radius 2 is 2.08 bits per heavy atom. The molecule has 4 rings (SSSR count). The van der Waals surface area contributed by atoms with Crippen LogP contribution in [-0.4, -0.2) is 29.5 Å². The van der Waals surface area contributed by atoms with Crippen LogP contribution < -0.4 is 5.69 Å². The lowest BCUT2D eigenvalue weighted by molar-refractivity contribution is 0.502. The van der Waals surface area contributed by atoms with Crippen molar-refractivity contribution in [3.63, 3.8) is 0 Å². The molecule has 1 aromatic carbocycles. The van der Waals surface area contributed by atoms with Crippen molar-refractivity contribution in [2.45, 2.75) is 42.5 Å². The molecule has 0 spiro atoms. The molecular formula is C18H19ClN2O3S2. The highest BCUT2D eigenvalue weighted by atomic mass is 35.5. The summed E-state index contributed by atoms with van der Waals surface area (Å²) in [6, 6.07) is 7.39. The summed E-state index contributed by atoms with van der Waals surface area (Å²) >= 11 is 7.75. The third-order valence-corrected chi connectivity index (χ3v) is 8.22. The van der Waals surface area contributed by atoms with Gasteiger partial charge in [0.1, 0.15) is 5.03 Å². The number of benzene rings is 1. The third-order valence-electron chi connectivity index (χ3n) is 5.04. The smallest absolute Gasteiger partial charge is 0.292 e. The van der Waals surface area contributed by atoms with E-state index in [9.17, 15) is 13.2 Å². The molecule has 1 aliphatic carbocycles. The summed E-state index contributed by atoms with van der Waals surface area (Å²) in [5.41, 5.74) is 2.77. The molecule has 1 fully saturated rings. The average Bonchev–Trinajstić information content (AvgIpc) is 3.20. The second kappa shape index (κ2) is 7.02. The highest BCUT2D eigenvalue weighted by Crippen LogP contribution is 2.34. The Bertz CT molecular complexity index is 1020. The minimum Gasteiger partial charge on any atom is -0.292 e. The van der Waals surface area contributed by atoms with Gasteiger partial charge in [0.2, 0.25) is 0 Å². The van der Waals surface area contributed by atoms with E-state index in [0.29, 0.717) is 17.2 Å². The molecule has 8 heteroatoms. The van der Waals surface area contributed by atoms with Crippen LogP contribution >= 0.6 is 23.4 Å². The van der Waals surface area contributed by atoms with Crippen molar-refractivity contribution in [3.8, 4) is 0 Å². The van der Waals surface area contributed by atoms with Crippen LogP contribution in [0.3, 0.4) is 0 Å². The van der Waals surface area contributed by atoms with Crippen LogP contribution in [0.2, 0.25) is 5.02 Å². The predicted octanol–water partition coefficient (Wildman–Crippen LogP) is 3.04. The monoisotopic (exact) mass is 410 g/mol. The molecule has 0 saturated carbocycles. The molecule has 2 heterocycles. The van der Waals surface area contributed by atoms with E-state index < -0.39 is 9.84 Å². The van der Waals surface area contributed by atoms with E-state index in [0.717, 1.165) is 41.1 Å². The summed E-state index contributed by atoms with van der Waals surface area (Å²) in [5.74, 6) is 0.857. The maximum Gasteiger partial charge on any atom is 0.349 e. The molecular weight excluding hydrogens is 392 g/mol. The number of fused-ring (bicyclic) bond motifs is 1. The predicted molar refractivity (Wildman–Crippen MR) is 104 cm³/mol. The van der Waals surface area contributed by atoms with E-state index in [2.05, 4.69) is 4.98 Å². The number of nitrogens with zero attached hydrogens (tertiary/aromatic N) is 2. The Kier molecular flexibility index (Phi) is 4.88. The largest absolute Gasteiger partial charge is 0.349 e. The average molecular weight is 411 g/mol. The van der Waals surface area contributed by atoms with Crippen molar-refractivity contribution in [1.29, 1.82) is 0 Å². The Labute approximate surface area is 161 Å². The van der Waals surface area contributed by atoms with Gasteiger partial charge in [-0.05, 0) is 37.3 Å². The second-order valence-corrected chi connectivity index (χ2v) is 10.4. The van der Waals surface area contributed by atoms with Crippen LogP contribution in [0, 0.1) is 0 Å². The molecule has 0 unspecified atom stereocenters. The molecule has 1 saturated heterocycles. The van der Waals surface area contributed by atoms with E-state index in [1.165, 1.54) is 11.8 Å². The molecule has 2 aromatic rings. The van der Waals surface area contributed by atoms with Gasteiger partial charge < -0.3 is 0 Å². The van der Waals surface area contributed by atoms with Crippen molar-refractivity contribution < 1.29 is 8.42 Å². The number of hydrogen-bond donors (Lipinski definition) is 0. The molecule has 138 valence electrons. The lowest BCUT2D eigenvalue weighted by Gasteiger charge is -2.18. The van der Waals surface area contributed by atoms with E-state index in [1.54, 1.807) is 4.57 Å². The van der Waals surface area contributed by atoms with E-state index in [1.807, 2.05) is 24.3 Å². The van der Waals surface area contributed by atoms with Crippen molar-refractivity contribution in [3.05, 3.63) is 56.6 Å².